The van der Waals surface area contributed by atoms with E-state index in [1.165, 1.54) is 0 Å². The largest absolute Gasteiger partial charge is 0.467 e. The van der Waals surface area contributed by atoms with Crippen molar-refractivity contribution >= 4 is 0 Å². The first-order valence-electron chi connectivity index (χ1n) is 6.25. The highest BCUT2D eigenvalue weighted by Gasteiger charge is 2.31. The van der Waals surface area contributed by atoms with Gasteiger partial charge in [-0.25, -0.2) is 0 Å². The molecular formula is C14H23F3O3. The Kier molecular flexibility index (Phi) is 10.1. The standard InChI is InChI=1S/C12H15F3O2.C2H6.H2O/c1-4-16-7-17-11-6-10(12(13,14)15)5-8(2)9(11)3;1-2;/h5-6H,4,7H2,1-3H3;1-2H3;1H2. The van der Waals surface area contributed by atoms with Crippen LogP contribution >= 0.6 is 0 Å². The molecule has 118 valence electrons. The summed E-state index contributed by atoms with van der Waals surface area (Å²) in [7, 11) is 0. The van der Waals surface area contributed by atoms with Crippen molar-refractivity contribution in [3.63, 3.8) is 0 Å². The molecule has 3 nitrogen and oxygen atoms in total. The lowest BCUT2D eigenvalue weighted by Crippen LogP contribution is -2.09. The summed E-state index contributed by atoms with van der Waals surface area (Å²) in [5, 5.41) is 0. The fraction of sp³-hybridized carbons (Fsp3) is 0.571. The molecule has 0 aliphatic heterocycles. The number of hydrogen-bond acceptors (Lipinski definition) is 2. The van der Waals surface area contributed by atoms with Crippen molar-refractivity contribution in [2.24, 2.45) is 0 Å². The molecule has 0 saturated heterocycles. The van der Waals surface area contributed by atoms with Crippen LogP contribution < -0.4 is 4.74 Å². The smallest absolute Gasteiger partial charge is 0.416 e. The first-order valence-corrected chi connectivity index (χ1v) is 6.25. The Hall–Kier alpha value is -1.27. The molecule has 0 aromatic heterocycles. The van der Waals surface area contributed by atoms with Crippen LogP contribution in [0.4, 0.5) is 13.2 Å². The van der Waals surface area contributed by atoms with Gasteiger partial charge in [-0.15, -0.1) is 0 Å². The van der Waals surface area contributed by atoms with Crippen molar-refractivity contribution < 1.29 is 28.1 Å². The minimum atomic E-state index is -4.36. The van der Waals surface area contributed by atoms with Crippen LogP contribution in [0.1, 0.15) is 37.5 Å². The Morgan fingerprint density at radius 3 is 2.10 bits per heavy atom. The molecule has 6 heteroatoms. The number of aryl methyl sites for hydroxylation is 1. The van der Waals surface area contributed by atoms with Gasteiger partial charge in [0.15, 0.2) is 6.79 Å². The van der Waals surface area contributed by atoms with Gasteiger partial charge in [0.1, 0.15) is 5.75 Å². The summed E-state index contributed by atoms with van der Waals surface area (Å²) in [5.74, 6) is 0.214. The minimum absolute atomic E-state index is 0. The Balaban J connectivity index is 0. The van der Waals surface area contributed by atoms with Crippen LogP contribution in [0.25, 0.3) is 0 Å². The van der Waals surface area contributed by atoms with E-state index in [1.807, 2.05) is 13.8 Å². The predicted octanol–water partition coefficient (Wildman–Crippen LogP) is 3.90. The molecule has 0 saturated carbocycles. The molecule has 0 aliphatic carbocycles. The Labute approximate surface area is 118 Å². The highest BCUT2D eigenvalue weighted by Crippen LogP contribution is 2.34. The number of ether oxygens (including phenoxy) is 2. The average molecular weight is 296 g/mol. The molecule has 0 amide bonds. The number of alkyl halides is 3. The van der Waals surface area contributed by atoms with Crippen LogP contribution in [0.5, 0.6) is 5.75 Å². The molecule has 1 rings (SSSR count). The molecule has 0 heterocycles. The average Bonchev–Trinajstić information content (AvgIpc) is 2.35. The van der Waals surface area contributed by atoms with Gasteiger partial charge in [-0.3, -0.25) is 0 Å². The van der Waals surface area contributed by atoms with E-state index in [0.29, 0.717) is 17.7 Å². The lowest BCUT2D eigenvalue weighted by atomic mass is 10.0. The van der Waals surface area contributed by atoms with Crippen molar-refractivity contribution in [3.8, 4) is 5.75 Å². The molecule has 0 fully saturated rings. The van der Waals surface area contributed by atoms with Crippen LogP contribution in [-0.2, 0) is 10.9 Å². The lowest BCUT2D eigenvalue weighted by molar-refractivity contribution is -0.137. The summed E-state index contributed by atoms with van der Waals surface area (Å²) in [4.78, 5) is 0. The molecule has 0 aliphatic rings. The van der Waals surface area contributed by atoms with Gasteiger partial charge in [0.25, 0.3) is 0 Å². The van der Waals surface area contributed by atoms with Gasteiger partial charge in [0.05, 0.1) is 5.56 Å². The Bertz CT molecular complexity index is 390. The predicted molar refractivity (Wildman–Crippen MR) is 73.0 cm³/mol. The summed E-state index contributed by atoms with van der Waals surface area (Å²) in [6.07, 6.45) is -4.36. The van der Waals surface area contributed by atoms with Crippen LogP contribution in [0.2, 0.25) is 0 Å². The van der Waals surface area contributed by atoms with E-state index in [4.69, 9.17) is 9.47 Å². The zero-order valence-electron chi connectivity index (χ0n) is 12.5. The molecule has 0 radical (unpaired) electrons. The second-order valence-electron chi connectivity index (χ2n) is 3.67. The maximum Gasteiger partial charge on any atom is 0.416 e. The number of rotatable bonds is 4. The fourth-order valence-electron chi connectivity index (χ4n) is 1.33. The normalized spacial score (nSPS) is 10.2. The van der Waals surface area contributed by atoms with E-state index in [-0.39, 0.29) is 18.0 Å². The van der Waals surface area contributed by atoms with Crippen molar-refractivity contribution in [1.29, 1.82) is 0 Å². The van der Waals surface area contributed by atoms with E-state index in [9.17, 15) is 13.2 Å². The van der Waals surface area contributed by atoms with E-state index in [0.717, 1.165) is 12.1 Å². The summed E-state index contributed by atoms with van der Waals surface area (Å²) in [5.41, 5.74) is 0.538. The second-order valence-corrected chi connectivity index (χ2v) is 3.67. The third-order valence-corrected chi connectivity index (χ3v) is 2.45. The van der Waals surface area contributed by atoms with Gasteiger partial charge >= 0.3 is 6.18 Å². The van der Waals surface area contributed by atoms with Crippen molar-refractivity contribution in [2.75, 3.05) is 13.4 Å². The van der Waals surface area contributed by atoms with Gasteiger partial charge in [-0.2, -0.15) is 13.2 Å². The third kappa shape index (κ3) is 6.25. The topological polar surface area (TPSA) is 50.0 Å². The zero-order valence-corrected chi connectivity index (χ0v) is 12.5. The van der Waals surface area contributed by atoms with Crippen molar-refractivity contribution in [2.45, 2.75) is 40.8 Å². The van der Waals surface area contributed by atoms with Crippen LogP contribution in [-0.4, -0.2) is 18.9 Å². The van der Waals surface area contributed by atoms with Gasteiger partial charge in [-0.1, -0.05) is 13.8 Å². The monoisotopic (exact) mass is 296 g/mol. The van der Waals surface area contributed by atoms with Crippen molar-refractivity contribution in [3.05, 3.63) is 28.8 Å². The van der Waals surface area contributed by atoms with Gasteiger partial charge in [-0.05, 0) is 44.0 Å². The Morgan fingerprint density at radius 2 is 1.65 bits per heavy atom. The molecule has 2 N–H and O–H groups in total. The quantitative estimate of drug-likeness (QED) is 0.625. The summed E-state index contributed by atoms with van der Waals surface area (Å²) in [6.45, 7) is 9.54. The molecule has 20 heavy (non-hydrogen) atoms. The lowest BCUT2D eigenvalue weighted by Gasteiger charge is -2.14. The van der Waals surface area contributed by atoms with E-state index >= 15 is 0 Å². The minimum Gasteiger partial charge on any atom is -0.467 e. The van der Waals surface area contributed by atoms with Gasteiger partial charge in [0.2, 0.25) is 0 Å². The highest BCUT2D eigenvalue weighted by molar-refractivity contribution is 5.43. The molecule has 0 bridgehead atoms. The molecule has 1 aromatic rings. The SMILES string of the molecule is CC.CCOCOc1cc(C(F)(F)F)cc(C)c1C.O. The van der Waals surface area contributed by atoms with Crippen LogP contribution in [0.15, 0.2) is 12.1 Å². The first kappa shape index (κ1) is 21.0. The third-order valence-electron chi connectivity index (χ3n) is 2.45. The molecule has 1 aromatic carbocycles. The van der Waals surface area contributed by atoms with Crippen LogP contribution in [0, 0.1) is 13.8 Å². The molecule has 0 unspecified atom stereocenters. The van der Waals surface area contributed by atoms with Crippen LogP contribution in [0.3, 0.4) is 0 Å². The zero-order chi connectivity index (χ0) is 15.1. The fourth-order valence-corrected chi connectivity index (χ4v) is 1.33. The van der Waals surface area contributed by atoms with Gasteiger partial charge in [0, 0.05) is 6.61 Å². The molecule has 0 spiro atoms. The summed E-state index contributed by atoms with van der Waals surface area (Å²) >= 11 is 0. The number of hydrogen-bond donors (Lipinski definition) is 0. The maximum atomic E-state index is 12.6. The van der Waals surface area contributed by atoms with Crippen molar-refractivity contribution in [1.82, 2.24) is 0 Å². The highest BCUT2D eigenvalue weighted by atomic mass is 19.4. The summed E-state index contributed by atoms with van der Waals surface area (Å²) in [6, 6.07) is 2.12. The van der Waals surface area contributed by atoms with E-state index in [2.05, 4.69) is 0 Å². The van der Waals surface area contributed by atoms with E-state index < -0.39 is 11.7 Å². The van der Waals surface area contributed by atoms with E-state index in [1.54, 1.807) is 20.8 Å². The molecule has 0 atom stereocenters. The van der Waals surface area contributed by atoms with Gasteiger partial charge < -0.3 is 14.9 Å². The number of halogens is 3. The summed E-state index contributed by atoms with van der Waals surface area (Å²) < 4.78 is 47.9. The second kappa shape index (κ2) is 9.61. The Morgan fingerprint density at radius 1 is 1.10 bits per heavy atom. The molecular weight excluding hydrogens is 273 g/mol. The number of benzene rings is 1. The maximum absolute atomic E-state index is 12.6. The first-order chi connectivity index (χ1) is 8.86.